The fourth-order valence-corrected chi connectivity index (χ4v) is 3.48. The first-order valence-corrected chi connectivity index (χ1v) is 7.73. The molecule has 2 heteroatoms. The standard InChI is InChI=1S/C18H27FO/c1-12-5-10-15(19)11-16(12)17(20)13-6-8-14(9-7-13)18(2,3)4/h5,10-11,13-14,17,20H,6-9H2,1-4H3. The van der Waals surface area contributed by atoms with Gasteiger partial charge in [0.2, 0.25) is 0 Å². The molecule has 0 saturated heterocycles. The Morgan fingerprint density at radius 1 is 1.15 bits per heavy atom. The topological polar surface area (TPSA) is 20.2 Å². The second kappa shape index (κ2) is 5.85. The molecule has 0 bridgehead atoms. The molecule has 0 aromatic heterocycles. The van der Waals surface area contributed by atoms with Gasteiger partial charge in [-0.05, 0) is 73.1 Å². The monoisotopic (exact) mass is 278 g/mol. The van der Waals surface area contributed by atoms with Gasteiger partial charge >= 0.3 is 0 Å². The summed E-state index contributed by atoms with van der Waals surface area (Å²) in [4.78, 5) is 0. The number of aliphatic hydroxyl groups is 1. The van der Waals surface area contributed by atoms with Crippen molar-refractivity contribution >= 4 is 0 Å². The Bertz CT molecular complexity index is 453. The first-order chi connectivity index (χ1) is 9.29. The Balaban J connectivity index is 2.05. The third kappa shape index (κ3) is 3.41. The van der Waals surface area contributed by atoms with Gasteiger partial charge in [0.1, 0.15) is 5.82 Å². The van der Waals surface area contributed by atoms with Crippen LogP contribution in [-0.2, 0) is 0 Å². The van der Waals surface area contributed by atoms with Gasteiger partial charge in [-0.1, -0.05) is 26.8 Å². The summed E-state index contributed by atoms with van der Waals surface area (Å²) in [5, 5.41) is 10.6. The highest BCUT2D eigenvalue weighted by atomic mass is 19.1. The molecule has 2 rings (SSSR count). The second-order valence-corrected chi connectivity index (χ2v) is 7.42. The predicted octanol–water partition coefficient (Wildman–Crippen LogP) is 5.02. The molecule has 1 aliphatic carbocycles. The summed E-state index contributed by atoms with van der Waals surface area (Å²) in [5.41, 5.74) is 2.10. The maximum Gasteiger partial charge on any atom is 0.123 e. The van der Waals surface area contributed by atoms with Gasteiger partial charge in [0.05, 0.1) is 6.10 Å². The number of aryl methyl sites for hydroxylation is 1. The summed E-state index contributed by atoms with van der Waals surface area (Å²) in [6.45, 7) is 8.83. The lowest BCUT2D eigenvalue weighted by atomic mass is 9.68. The van der Waals surface area contributed by atoms with Crippen molar-refractivity contribution < 1.29 is 9.50 Å². The molecule has 1 unspecified atom stereocenters. The molecule has 0 radical (unpaired) electrons. The van der Waals surface area contributed by atoms with E-state index in [9.17, 15) is 9.50 Å². The van der Waals surface area contributed by atoms with Crippen LogP contribution >= 0.6 is 0 Å². The molecule has 1 fully saturated rings. The van der Waals surface area contributed by atoms with Crippen molar-refractivity contribution in [3.63, 3.8) is 0 Å². The van der Waals surface area contributed by atoms with Crippen molar-refractivity contribution in [1.29, 1.82) is 0 Å². The zero-order valence-corrected chi connectivity index (χ0v) is 13.1. The van der Waals surface area contributed by atoms with Crippen LogP contribution in [0.15, 0.2) is 18.2 Å². The molecule has 0 spiro atoms. The molecule has 1 aromatic carbocycles. The molecule has 112 valence electrons. The van der Waals surface area contributed by atoms with Crippen molar-refractivity contribution in [3.05, 3.63) is 35.1 Å². The average molecular weight is 278 g/mol. The highest BCUT2D eigenvalue weighted by Gasteiger charge is 2.33. The first-order valence-electron chi connectivity index (χ1n) is 7.73. The van der Waals surface area contributed by atoms with Gasteiger partial charge in [0, 0.05) is 0 Å². The highest BCUT2D eigenvalue weighted by molar-refractivity contribution is 5.29. The summed E-state index contributed by atoms with van der Waals surface area (Å²) in [6.07, 6.45) is 3.89. The van der Waals surface area contributed by atoms with Crippen molar-refractivity contribution in [2.24, 2.45) is 17.3 Å². The molecular weight excluding hydrogens is 251 g/mol. The minimum absolute atomic E-state index is 0.256. The third-order valence-corrected chi connectivity index (χ3v) is 5.00. The lowest BCUT2D eigenvalue weighted by molar-refractivity contribution is 0.0523. The van der Waals surface area contributed by atoms with E-state index in [0.29, 0.717) is 5.41 Å². The van der Waals surface area contributed by atoms with Crippen LogP contribution in [0.1, 0.15) is 63.7 Å². The lowest BCUT2D eigenvalue weighted by Crippen LogP contribution is -2.28. The Kier molecular flexibility index (Phi) is 4.53. The van der Waals surface area contributed by atoms with Gasteiger partial charge in [0.25, 0.3) is 0 Å². The largest absolute Gasteiger partial charge is 0.388 e. The SMILES string of the molecule is Cc1ccc(F)cc1C(O)C1CCC(C(C)(C)C)CC1. The minimum atomic E-state index is -0.522. The van der Waals surface area contributed by atoms with Crippen molar-refractivity contribution in [2.75, 3.05) is 0 Å². The molecule has 1 saturated carbocycles. The predicted molar refractivity (Wildman–Crippen MR) is 81.0 cm³/mol. The zero-order valence-electron chi connectivity index (χ0n) is 13.1. The number of hydrogen-bond acceptors (Lipinski definition) is 1. The van der Waals surface area contributed by atoms with Crippen LogP contribution in [0.25, 0.3) is 0 Å². The molecule has 0 heterocycles. The molecule has 1 N–H and O–H groups in total. The molecule has 20 heavy (non-hydrogen) atoms. The fraction of sp³-hybridized carbons (Fsp3) is 0.667. The molecular formula is C18H27FO. The van der Waals surface area contributed by atoms with Crippen molar-refractivity contribution in [2.45, 2.75) is 59.5 Å². The van der Waals surface area contributed by atoms with Gasteiger partial charge in [-0.3, -0.25) is 0 Å². The molecule has 1 atom stereocenters. The minimum Gasteiger partial charge on any atom is -0.388 e. The molecule has 1 aliphatic rings. The van der Waals surface area contributed by atoms with E-state index in [1.54, 1.807) is 6.07 Å². The summed E-state index contributed by atoms with van der Waals surface area (Å²) < 4.78 is 13.4. The van der Waals surface area contributed by atoms with Gasteiger partial charge in [0.15, 0.2) is 0 Å². The van der Waals surface area contributed by atoms with Crippen LogP contribution in [0.2, 0.25) is 0 Å². The normalized spacial score (nSPS) is 25.5. The quantitative estimate of drug-likeness (QED) is 0.805. The average Bonchev–Trinajstić information content (AvgIpc) is 2.40. The lowest BCUT2D eigenvalue weighted by Gasteiger charge is -2.38. The summed E-state index contributed by atoms with van der Waals surface area (Å²) in [5.74, 6) is 0.752. The number of hydrogen-bond donors (Lipinski definition) is 1. The van der Waals surface area contributed by atoms with Crippen LogP contribution in [0.3, 0.4) is 0 Å². The Morgan fingerprint density at radius 3 is 2.30 bits per heavy atom. The number of aliphatic hydroxyl groups excluding tert-OH is 1. The van der Waals surface area contributed by atoms with Crippen molar-refractivity contribution in [1.82, 2.24) is 0 Å². The van der Waals surface area contributed by atoms with E-state index < -0.39 is 6.10 Å². The van der Waals surface area contributed by atoms with Crippen LogP contribution in [0.4, 0.5) is 4.39 Å². The summed E-state index contributed by atoms with van der Waals surface area (Å²) in [6, 6.07) is 4.71. The van der Waals surface area contributed by atoms with Gasteiger partial charge in [-0.25, -0.2) is 4.39 Å². The van der Waals surface area contributed by atoms with E-state index in [2.05, 4.69) is 20.8 Å². The van der Waals surface area contributed by atoms with E-state index >= 15 is 0 Å². The van der Waals surface area contributed by atoms with Crippen LogP contribution in [-0.4, -0.2) is 5.11 Å². The zero-order chi connectivity index (χ0) is 14.9. The number of rotatable bonds is 2. The first kappa shape index (κ1) is 15.5. The van der Waals surface area contributed by atoms with Crippen molar-refractivity contribution in [3.8, 4) is 0 Å². The van der Waals surface area contributed by atoms with Gasteiger partial charge < -0.3 is 5.11 Å². The fourth-order valence-electron chi connectivity index (χ4n) is 3.48. The Hall–Kier alpha value is -0.890. The molecule has 1 aromatic rings. The summed E-state index contributed by atoms with van der Waals surface area (Å²) in [7, 11) is 0. The van der Waals surface area contributed by atoms with E-state index in [1.807, 2.05) is 6.92 Å². The summed E-state index contributed by atoms with van der Waals surface area (Å²) >= 11 is 0. The highest BCUT2D eigenvalue weighted by Crippen LogP contribution is 2.43. The van der Waals surface area contributed by atoms with Gasteiger partial charge in [-0.2, -0.15) is 0 Å². The molecule has 0 amide bonds. The van der Waals surface area contributed by atoms with Crippen LogP contribution < -0.4 is 0 Å². The molecule has 0 aliphatic heterocycles. The Labute approximate surface area is 122 Å². The Morgan fingerprint density at radius 2 is 1.75 bits per heavy atom. The van der Waals surface area contributed by atoms with E-state index in [-0.39, 0.29) is 11.7 Å². The van der Waals surface area contributed by atoms with E-state index in [4.69, 9.17) is 0 Å². The third-order valence-electron chi connectivity index (χ3n) is 5.00. The number of benzene rings is 1. The van der Waals surface area contributed by atoms with Crippen LogP contribution in [0.5, 0.6) is 0 Å². The maximum absolute atomic E-state index is 13.4. The van der Waals surface area contributed by atoms with Gasteiger partial charge in [-0.15, -0.1) is 0 Å². The number of halogens is 1. The van der Waals surface area contributed by atoms with E-state index in [0.717, 1.165) is 29.9 Å². The molecule has 1 nitrogen and oxygen atoms in total. The van der Waals surface area contributed by atoms with E-state index in [1.165, 1.54) is 25.0 Å². The van der Waals surface area contributed by atoms with Crippen LogP contribution in [0, 0.1) is 30.0 Å². The second-order valence-electron chi connectivity index (χ2n) is 7.42. The smallest absolute Gasteiger partial charge is 0.123 e. The maximum atomic E-state index is 13.4.